The van der Waals surface area contributed by atoms with Gasteiger partial charge < -0.3 is 10.5 Å². The van der Waals surface area contributed by atoms with Crippen LogP contribution in [0.5, 0.6) is 5.75 Å². The second-order valence-electron chi connectivity index (χ2n) is 4.17. The van der Waals surface area contributed by atoms with Gasteiger partial charge in [-0.15, -0.1) is 0 Å². The zero-order chi connectivity index (χ0) is 13.7. The van der Waals surface area contributed by atoms with Gasteiger partial charge in [0.2, 0.25) is 0 Å². The minimum absolute atomic E-state index is 0.461. The molecule has 19 heavy (non-hydrogen) atoms. The third-order valence-corrected chi connectivity index (χ3v) is 3.26. The zero-order valence-corrected chi connectivity index (χ0v) is 12.7. The number of halogens is 1. The molecule has 0 aliphatic rings. The Hall–Kier alpha value is -1.39. The van der Waals surface area contributed by atoms with Gasteiger partial charge in [0.05, 0.1) is 4.99 Å². The maximum Gasteiger partial charge on any atom is 0.123 e. The van der Waals surface area contributed by atoms with Gasteiger partial charge in [-0.2, -0.15) is 0 Å². The average molecular weight is 336 g/mol. The summed E-state index contributed by atoms with van der Waals surface area (Å²) in [6, 6.07) is 15.9. The van der Waals surface area contributed by atoms with Gasteiger partial charge in [-0.05, 0) is 23.8 Å². The molecule has 0 amide bonds. The monoisotopic (exact) mass is 335 g/mol. The predicted octanol–water partition coefficient (Wildman–Crippen LogP) is 3.86. The van der Waals surface area contributed by atoms with Crippen LogP contribution >= 0.6 is 28.1 Å². The third-order valence-electron chi connectivity index (χ3n) is 2.62. The lowest BCUT2D eigenvalue weighted by Gasteiger charge is -2.11. The Bertz CT molecular complexity index is 572. The van der Waals surface area contributed by atoms with E-state index in [0.717, 1.165) is 21.3 Å². The maximum atomic E-state index is 5.84. The van der Waals surface area contributed by atoms with Crippen LogP contribution in [-0.2, 0) is 13.0 Å². The fourth-order valence-corrected chi connectivity index (χ4v) is 2.31. The van der Waals surface area contributed by atoms with Crippen LogP contribution in [0.15, 0.2) is 53.0 Å². The molecule has 0 radical (unpaired) electrons. The first-order chi connectivity index (χ1) is 9.15. The summed E-state index contributed by atoms with van der Waals surface area (Å²) in [5, 5.41) is 0. The summed E-state index contributed by atoms with van der Waals surface area (Å²) in [6.07, 6.45) is 0.541. The summed E-state index contributed by atoms with van der Waals surface area (Å²) in [5.74, 6) is 0.819. The van der Waals surface area contributed by atoms with Crippen LogP contribution < -0.4 is 10.5 Å². The Labute approximate surface area is 126 Å². The SMILES string of the molecule is NC(=S)Cc1cc(Br)ccc1OCc1ccccc1. The van der Waals surface area contributed by atoms with Crippen LogP contribution in [0.25, 0.3) is 0 Å². The molecule has 0 saturated carbocycles. The Kier molecular flexibility index (Phi) is 4.93. The van der Waals surface area contributed by atoms with Crippen LogP contribution in [0.2, 0.25) is 0 Å². The predicted molar refractivity (Wildman–Crippen MR) is 85.4 cm³/mol. The van der Waals surface area contributed by atoms with Gasteiger partial charge in [-0.3, -0.25) is 0 Å². The number of ether oxygens (including phenoxy) is 1. The number of thiocarbonyl (C=S) groups is 1. The van der Waals surface area contributed by atoms with Crippen LogP contribution in [-0.4, -0.2) is 4.99 Å². The van der Waals surface area contributed by atoms with Crippen molar-refractivity contribution in [2.75, 3.05) is 0 Å². The second-order valence-corrected chi connectivity index (χ2v) is 5.61. The molecule has 0 aliphatic heterocycles. The molecule has 0 fully saturated rings. The molecule has 0 heterocycles. The lowest BCUT2D eigenvalue weighted by molar-refractivity contribution is 0.303. The first-order valence-electron chi connectivity index (χ1n) is 5.88. The van der Waals surface area contributed by atoms with E-state index in [4.69, 9.17) is 22.7 Å². The molecule has 2 aromatic rings. The minimum atomic E-state index is 0.461. The van der Waals surface area contributed by atoms with E-state index >= 15 is 0 Å². The molecule has 4 heteroatoms. The molecule has 2 rings (SSSR count). The van der Waals surface area contributed by atoms with Gasteiger partial charge >= 0.3 is 0 Å². The number of hydrogen-bond acceptors (Lipinski definition) is 2. The minimum Gasteiger partial charge on any atom is -0.489 e. The Morgan fingerprint density at radius 3 is 2.58 bits per heavy atom. The Morgan fingerprint density at radius 2 is 1.89 bits per heavy atom. The molecule has 98 valence electrons. The lowest BCUT2D eigenvalue weighted by Crippen LogP contribution is -2.12. The molecule has 2 aromatic carbocycles. The summed E-state index contributed by atoms with van der Waals surface area (Å²) in [6.45, 7) is 0.535. The number of benzene rings is 2. The van der Waals surface area contributed by atoms with E-state index in [1.54, 1.807) is 0 Å². The van der Waals surface area contributed by atoms with Crippen molar-refractivity contribution in [1.29, 1.82) is 0 Å². The topological polar surface area (TPSA) is 35.2 Å². The van der Waals surface area contributed by atoms with Gasteiger partial charge in [-0.1, -0.05) is 58.5 Å². The van der Waals surface area contributed by atoms with Crippen LogP contribution in [0.4, 0.5) is 0 Å². The summed E-state index contributed by atoms with van der Waals surface area (Å²) < 4.78 is 6.83. The first kappa shape index (κ1) is 14.0. The summed E-state index contributed by atoms with van der Waals surface area (Å²) in [5.41, 5.74) is 7.74. The molecular formula is C15H14BrNOS. The van der Waals surface area contributed by atoms with Gasteiger partial charge in [-0.25, -0.2) is 0 Å². The highest BCUT2D eigenvalue weighted by molar-refractivity contribution is 9.10. The van der Waals surface area contributed by atoms with Crippen molar-refractivity contribution >= 4 is 33.1 Å². The van der Waals surface area contributed by atoms with E-state index in [9.17, 15) is 0 Å². The van der Waals surface area contributed by atoms with E-state index in [2.05, 4.69) is 15.9 Å². The van der Waals surface area contributed by atoms with E-state index in [0.29, 0.717) is 18.0 Å². The highest BCUT2D eigenvalue weighted by atomic mass is 79.9. The van der Waals surface area contributed by atoms with Crippen LogP contribution in [0.3, 0.4) is 0 Å². The Morgan fingerprint density at radius 1 is 1.16 bits per heavy atom. The Balaban J connectivity index is 2.13. The van der Waals surface area contributed by atoms with E-state index in [-0.39, 0.29) is 0 Å². The van der Waals surface area contributed by atoms with Crippen LogP contribution in [0.1, 0.15) is 11.1 Å². The van der Waals surface area contributed by atoms with Crippen molar-refractivity contribution < 1.29 is 4.74 Å². The maximum absolute atomic E-state index is 5.84. The van der Waals surface area contributed by atoms with Gasteiger partial charge in [0.15, 0.2) is 0 Å². The standard InChI is InChI=1S/C15H14BrNOS/c16-13-6-7-14(12(8-13)9-15(17)19)18-10-11-4-2-1-3-5-11/h1-8H,9-10H2,(H2,17,19). The fourth-order valence-electron chi connectivity index (χ4n) is 1.75. The van der Waals surface area contributed by atoms with Crippen molar-refractivity contribution in [1.82, 2.24) is 0 Å². The summed E-state index contributed by atoms with van der Waals surface area (Å²) >= 11 is 8.41. The normalized spacial score (nSPS) is 10.2. The quantitative estimate of drug-likeness (QED) is 0.842. The largest absolute Gasteiger partial charge is 0.489 e. The third kappa shape index (κ3) is 4.33. The van der Waals surface area contributed by atoms with Crippen molar-refractivity contribution in [3.8, 4) is 5.75 Å². The first-order valence-corrected chi connectivity index (χ1v) is 7.09. The molecule has 0 spiro atoms. The molecule has 2 nitrogen and oxygen atoms in total. The zero-order valence-electron chi connectivity index (χ0n) is 10.3. The molecule has 0 atom stereocenters. The summed E-state index contributed by atoms with van der Waals surface area (Å²) in [4.78, 5) is 0.461. The fraction of sp³-hybridized carbons (Fsp3) is 0.133. The van der Waals surface area contributed by atoms with Gasteiger partial charge in [0.1, 0.15) is 12.4 Å². The van der Waals surface area contributed by atoms with Crippen molar-refractivity contribution in [3.05, 3.63) is 64.1 Å². The highest BCUT2D eigenvalue weighted by Gasteiger charge is 2.06. The van der Waals surface area contributed by atoms with Gasteiger partial charge in [0.25, 0.3) is 0 Å². The molecule has 2 N–H and O–H groups in total. The number of nitrogens with two attached hydrogens (primary N) is 1. The van der Waals surface area contributed by atoms with Crippen molar-refractivity contribution in [2.24, 2.45) is 5.73 Å². The molecular weight excluding hydrogens is 322 g/mol. The summed E-state index contributed by atoms with van der Waals surface area (Å²) in [7, 11) is 0. The van der Waals surface area contributed by atoms with E-state index in [1.807, 2.05) is 48.5 Å². The molecule has 0 aliphatic carbocycles. The average Bonchev–Trinajstić information content (AvgIpc) is 2.38. The number of hydrogen-bond donors (Lipinski definition) is 1. The van der Waals surface area contributed by atoms with E-state index < -0.39 is 0 Å². The molecule has 0 unspecified atom stereocenters. The van der Waals surface area contributed by atoms with Crippen LogP contribution in [0, 0.1) is 0 Å². The highest BCUT2D eigenvalue weighted by Crippen LogP contribution is 2.24. The smallest absolute Gasteiger partial charge is 0.123 e. The number of rotatable bonds is 5. The molecule has 0 bridgehead atoms. The lowest BCUT2D eigenvalue weighted by atomic mass is 10.1. The van der Waals surface area contributed by atoms with Crippen molar-refractivity contribution in [2.45, 2.75) is 13.0 Å². The van der Waals surface area contributed by atoms with Crippen molar-refractivity contribution in [3.63, 3.8) is 0 Å². The second kappa shape index (κ2) is 6.68. The van der Waals surface area contributed by atoms with E-state index in [1.165, 1.54) is 0 Å². The molecule has 0 saturated heterocycles. The van der Waals surface area contributed by atoms with Gasteiger partial charge in [0, 0.05) is 16.5 Å². The molecule has 0 aromatic heterocycles.